The number of rotatable bonds is 1. The molecule has 4 nitrogen and oxygen atoms in total. The molecular formula is C69H80N4. The van der Waals surface area contributed by atoms with Crippen LogP contribution in [0.3, 0.4) is 0 Å². The molecule has 3 aromatic heterocycles. The Labute approximate surface area is 436 Å². The Bertz CT molecular complexity index is 3580. The first-order valence-electron chi connectivity index (χ1n) is 28.4. The molecule has 0 fully saturated rings. The molecule has 0 amide bonds. The number of hydrogen-bond acceptors (Lipinski definition) is 2. The maximum Gasteiger partial charge on any atom is 0.0732 e. The van der Waals surface area contributed by atoms with Crippen LogP contribution >= 0.6 is 0 Å². The third-order valence-electron chi connectivity index (χ3n) is 25.4. The lowest BCUT2D eigenvalue weighted by Gasteiger charge is -2.53. The second-order valence-corrected chi connectivity index (χ2v) is 27.6. The van der Waals surface area contributed by atoms with Crippen LogP contribution in [0.25, 0.3) is 55.5 Å². The quantitative estimate of drug-likeness (QED) is 0.187. The van der Waals surface area contributed by atoms with E-state index in [0.29, 0.717) is 0 Å². The summed E-state index contributed by atoms with van der Waals surface area (Å²) in [6.07, 6.45) is 9.06. The van der Waals surface area contributed by atoms with Gasteiger partial charge in [0.15, 0.2) is 0 Å². The molecule has 0 saturated heterocycles. The van der Waals surface area contributed by atoms with Gasteiger partial charge in [-0.1, -0.05) is 130 Å². The highest BCUT2D eigenvalue weighted by atomic mass is 14.9. The third kappa shape index (κ3) is 4.75. The minimum atomic E-state index is -0.143. The van der Waals surface area contributed by atoms with Gasteiger partial charge in [0, 0.05) is 65.5 Å². The van der Waals surface area contributed by atoms with Crippen LogP contribution in [0.15, 0.2) is 74.9 Å². The highest BCUT2D eigenvalue weighted by Crippen LogP contribution is 2.72. The molecule has 16 bridgehead atoms. The van der Waals surface area contributed by atoms with E-state index in [9.17, 15) is 0 Å². The van der Waals surface area contributed by atoms with E-state index in [1.807, 2.05) is 0 Å². The van der Waals surface area contributed by atoms with Crippen LogP contribution in [0.2, 0.25) is 0 Å². The van der Waals surface area contributed by atoms with Gasteiger partial charge in [0.25, 0.3) is 0 Å². The van der Waals surface area contributed by atoms with Gasteiger partial charge >= 0.3 is 0 Å². The molecule has 376 valence electrons. The predicted molar refractivity (Wildman–Crippen MR) is 307 cm³/mol. The number of allylic oxidation sites excluding steroid dienone is 12. The summed E-state index contributed by atoms with van der Waals surface area (Å²) in [5.74, 6) is 0. The van der Waals surface area contributed by atoms with Crippen molar-refractivity contribution in [1.29, 1.82) is 0 Å². The molecule has 14 aliphatic rings. The Morgan fingerprint density at radius 3 is 0.863 bits per heavy atom. The minimum absolute atomic E-state index is 0.127. The van der Waals surface area contributed by atoms with Crippen molar-refractivity contribution < 1.29 is 0 Å². The fraction of sp³-hybridized carbons (Fsp3) is 0.507. The van der Waals surface area contributed by atoms with Gasteiger partial charge in [-0.15, -0.1) is 0 Å². The molecule has 2 aliphatic heterocycles. The van der Waals surface area contributed by atoms with Crippen molar-refractivity contribution in [3.05, 3.63) is 137 Å². The summed E-state index contributed by atoms with van der Waals surface area (Å²) in [5, 5.41) is 0. The zero-order chi connectivity index (χ0) is 51.8. The van der Waals surface area contributed by atoms with Crippen LogP contribution < -0.4 is 0 Å². The lowest BCUT2D eigenvalue weighted by atomic mass is 9.49. The molecule has 12 aliphatic carbocycles. The number of aryl methyl sites for hydroxylation is 2. The van der Waals surface area contributed by atoms with Gasteiger partial charge in [-0.3, -0.25) is 0 Å². The van der Waals surface area contributed by atoms with E-state index < -0.39 is 0 Å². The van der Waals surface area contributed by atoms with Crippen LogP contribution in [0.1, 0.15) is 224 Å². The molecule has 4 heteroatoms. The van der Waals surface area contributed by atoms with Crippen LogP contribution in [0.5, 0.6) is 0 Å². The zero-order valence-corrected chi connectivity index (χ0v) is 47.9. The summed E-state index contributed by atoms with van der Waals surface area (Å²) in [4.78, 5) is 21.6. The summed E-state index contributed by atoms with van der Waals surface area (Å²) >= 11 is 0. The van der Waals surface area contributed by atoms with E-state index in [0.717, 1.165) is 51.4 Å². The van der Waals surface area contributed by atoms with Gasteiger partial charge in [0.2, 0.25) is 0 Å². The monoisotopic (exact) mass is 965 g/mol. The van der Waals surface area contributed by atoms with Crippen molar-refractivity contribution in [2.45, 2.75) is 205 Å². The largest absolute Gasteiger partial charge is 0.354 e. The van der Waals surface area contributed by atoms with Crippen molar-refractivity contribution in [1.82, 2.24) is 19.9 Å². The molecule has 1 aromatic carbocycles. The number of nitrogens with zero attached hydrogens (tertiary/aromatic N) is 2. The average Bonchev–Trinajstić information content (AvgIpc) is 4.19. The van der Waals surface area contributed by atoms with Crippen LogP contribution in [-0.4, -0.2) is 19.9 Å². The molecule has 4 aromatic rings. The molecule has 2 N–H and O–H groups in total. The topological polar surface area (TPSA) is 57.4 Å². The highest BCUT2D eigenvalue weighted by Gasteiger charge is 2.60. The fourth-order valence-electron chi connectivity index (χ4n) is 19.0. The molecular weight excluding hydrogens is 885 g/mol. The van der Waals surface area contributed by atoms with Crippen molar-refractivity contribution in [3.63, 3.8) is 0 Å². The second kappa shape index (κ2) is 13.4. The molecule has 0 radical (unpaired) electrons. The van der Waals surface area contributed by atoms with E-state index in [1.54, 1.807) is 44.6 Å². The van der Waals surface area contributed by atoms with E-state index >= 15 is 0 Å². The Balaban J connectivity index is 1.30. The second-order valence-electron chi connectivity index (χ2n) is 27.6. The maximum atomic E-state index is 6.24. The van der Waals surface area contributed by atoms with Crippen molar-refractivity contribution in [3.8, 4) is 11.1 Å². The van der Waals surface area contributed by atoms with Gasteiger partial charge in [-0.2, -0.15) is 0 Å². The molecule has 73 heavy (non-hydrogen) atoms. The number of aromatic nitrogens is 4. The van der Waals surface area contributed by atoms with Crippen LogP contribution in [-0.2, 0) is 21.7 Å². The first kappa shape index (κ1) is 46.3. The summed E-state index contributed by atoms with van der Waals surface area (Å²) in [5.41, 5.74) is 39.6. The van der Waals surface area contributed by atoms with Crippen LogP contribution in [0, 0.1) is 42.4 Å². The van der Waals surface area contributed by atoms with Crippen LogP contribution in [0.4, 0.5) is 0 Å². The van der Waals surface area contributed by atoms with Crippen molar-refractivity contribution in [2.75, 3.05) is 0 Å². The Morgan fingerprint density at radius 2 is 0.562 bits per heavy atom. The Morgan fingerprint density at radius 1 is 0.315 bits per heavy atom. The minimum Gasteiger partial charge on any atom is -0.354 e. The third-order valence-corrected chi connectivity index (χ3v) is 25.4. The average molecular weight is 965 g/mol. The fourth-order valence-corrected chi connectivity index (χ4v) is 19.0. The number of nitrogens with one attached hydrogen (secondary N) is 2. The SMILES string of the molecule is CC1=C(C)C2(C)CCC1(C)C1=C2c2nc1c(C)c1nc(c(C)c3[nH]c(c4c3C3(C)CCC4(C)C(C)=C3C)c(-c3ccccc3)c3[nH]c(c2C)c2c3C3(C)CCC2(C)C(C)=C3C)C2=C1C1(C)CCC2(C)C(C)=C1C. The smallest absolute Gasteiger partial charge is 0.0732 e. The van der Waals surface area contributed by atoms with Gasteiger partial charge in [0.05, 0.1) is 33.8 Å². The van der Waals surface area contributed by atoms with E-state index in [1.165, 1.54) is 117 Å². The lowest BCUT2D eigenvalue weighted by Crippen LogP contribution is -2.45. The Kier molecular flexibility index (Phi) is 8.51. The number of H-pyrrole nitrogens is 2. The standard InChI is InChI=1S/C69H80N4/c1-33-54-46-48(64(14)27-25-62(46,12)36(4)38(64)6)56(70-54)34(2)58-50-52(68(18)31-29-66(50,16)40(8)42(68)10)60(72-58)45(44-23-21-20-22-24-44)61-53-51(67(17)30-32-69(53,19)43(11)41(67)9)59(73-61)35(3)57-49-47(55(33)71-57)63(13)26-28-65(49,15)39(7)37(63)5/h20-24,72-73H,25-32H2,1-19H3. The number of benzene rings is 1. The summed E-state index contributed by atoms with van der Waals surface area (Å²) in [6.45, 7) is 47.6. The Hall–Kier alpha value is -5.22. The van der Waals surface area contributed by atoms with Gasteiger partial charge in [0.1, 0.15) is 0 Å². The normalized spacial score (nSPS) is 35.5. The van der Waals surface area contributed by atoms with E-state index in [-0.39, 0.29) is 43.3 Å². The molecule has 5 heterocycles. The number of aromatic amines is 2. The lowest BCUT2D eigenvalue weighted by molar-refractivity contribution is 0.310. The summed E-state index contributed by atoms with van der Waals surface area (Å²) < 4.78 is 0. The first-order chi connectivity index (χ1) is 34.2. The van der Waals surface area contributed by atoms with E-state index in [2.05, 4.69) is 172 Å². The molecule has 8 unspecified atom stereocenters. The van der Waals surface area contributed by atoms with Crippen molar-refractivity contribution in [2.24, 2.45) is 21.7 Å². The maximum absolute atomic E-state index is 6.24. The number of hydrogen-bond donors (Lipinski definition) is 2. The van der Waals surface area contributed by atoms with Crippen molar-refractivity contribution >= 4 is 44.4 Å². The van der Waals surface area contributed by atoms with Gasteiger partial charge in [-0.25, -0.2) is 9.97 Å². The molecule has 0 spiro atoms. The summed E-state index contributed by atoms with van der Waals surface area (Å²) in [6, 6.07) is 11.5. The van der Waals surface area contributed by atoms with Gasteiger partial charge < -0.3 is 9.97 Å². The zero-order valence-electron chi connectivity index (χ0n) is 47.9. The molecule has 8 atom stereocenters. The molecule has 0 saturated carbocycles. The van der Waals surface area contributed by atoms with Gasteiger partial charge in [-0.05, 0) is 189 Å². The number of fused-ring (bicyclic) bond motifs is 12. The molecule has 18 rings (SSSR count). The highest BCUT2D eigenvalue weighted by molar-refractivity contribution is 6.09. The summed E-state index contributed by atoms with van der Waals surface area (Å²) in [7, 11) is 0. The predicted octanol–water partition coefficient (Wildman–Crippen LogP) is 18.4. The van der Waals surface area contributed by atoms with E-state index in [4.69, 9.17) is 9.97 Å². The first-order valence-corrected chi connectivity index (χ1v) is 28.4.